The molecule has 4 rings (SSSR count). The van der Waals surface area contributed by atoms with Crippen LogP contribution in [0.2, 0.25) is 0 Å². The monoisotopic (exact) mass is 387 g/mol. The first-order valence-electron chi connectivity index (χ1n) is 9.51. The Morgan fingerprint density at radius 1 is 0.897 bits per heavy atom. The van der Waals surface area contributed by atoms with E-state index in [0.29, 0.717) is 12.1 Å². The van der Waals surface area contributed by atoms with E-state index in [1.165, 1.54) is 16.8 Å². The highest BCUT2D eigenvalue weighted by Crippen LogP contribution is 2.28. The highest BCUT2D eigenvalue weighted by molar-refractivity contribution is 5.83. The first kappa shape index (κ1) is 19.0. The number of halogens is 1. The Balaban J connectivity index is 1.75. The van der Waals surface area contributed by atoms with Crippen molar-refractivity contribution in [2.75, 3.05) is 7.05 Å². The summed E-state index contributed by atoms with van der Waals surface area (Å²) < 4.78 is 15.0. The van der Waals surface area contributed by atoms with Gasteiger partial charge in [-0.25, -0.2) is 9.07 Å². The molecule has 1 aromatic heterocycles. The molecule has 4 aromatic rings. The second-order valence-electron chi connectivity index (χ2n) is 7.20. The number of rotatable bonds is 5. The molecular formula is C24H22FN3O. The Kier molecular flexibility index (Phi) is 5.23. The average molecular weight is 387 g/mol. The summed E-state index contributed by atoms with van der Waals surface area (Å²) in [5, 5.41) is 6.06. The lowest BCUT2D eigenvalue weighted by Gasteiger charge is -2.29. The molecule has 0 aliphatic heterocycles. The molecule has 146 valence electrons. The van der Waals surface area contributed by atoms with Crippen molar-refractivity contribution < 1.29 is 4.39 Å². The van der Waals surface area contributed by atoms with Crippen LogP contribution in [-0.4, -0.2) is 21.7 Å². The van der Waals surface area contributed by atoms with Gasteiger partial charge < -0.3 is 0 Å². The summed E-state index contributed by atoms with van der Waals surface area (Å²) in [6.45, 7) is 2.22. The van der Waals surface area contributed by atoms with Crippen molar-refractivity contribution in [1.82, 2.24) is 14.7 Å². The van der Waals surface area contributed by atoms with E-state index in [9.17, 15) is 9.18 Å². The summed E-state index contributed by atoms with van der Waals surface area (Å²) in [4.78, 5) is 15.0. The van der Waals surface area contributed by atoms with Crippen LogP contribution in [0.4, 0.5) is 4.39 Å². The highest BCUT2D eigenvalue weighted by atomic mass is 19.1. The molecule has 0 amide bonds. The van der Waals surface area contributed by atoms with Crippen molar-refractivity contribution in [1.29, 1.82) is 0 Å². The van der Waals surface area contributed by atoms with Gasteiger partial charge in [0.2, 0.25) is 0 Å². The normalized spacial score (nSPS) is 12.4. The van der Waals surface area contributed by atoms with Gasteiger partial charge in [0, 0.05) is 5.39 Å². The number of aromatic nitrogens is 2. The molecular weight excluding hydrogens is 365 g/mol. The number of benzene rings is 3. The summed E-state index contributed by atoms with van der Waals surface area (Å²) >= 11 is 0. The standard InChI is InChI=1S/C24H22FN3O/c1-17-21-10-6-7-11-22(21)24(29)28(26-17)16-27(2)23(18-8-4-3-5-9-18)19-12-14-20(25)15-13-19/h3-15,23H,16H2,1-2H3/t23-/m0/s1. The van der Waals surface area contributed by atoms with Crippen molar-refractivity contribution in [2.45, 2.75) is 19.6 Å². The summed E-state index contributed by atoms with van der Waals surface area (Å²) in [6.07, 6.45) is 0. The van der Waals surface area contributed by atoms with Crippen LogP contribution in [0.15, 0.2) is 83.7 Å². The van der Waals surface area contributed by atoms with E-state index in [1.807, 2.05) is 73.5 Å². The van der Waals surface area contributed by atoms with Crippen LogP contribution in [0.5, 0.6) is 0 Å². The lowest BCUT2D eigenvalue weighted by atomic mass is 9.97. The topological polar surface area (TPSA) is 38.1 Å². The molecule has 0 saturated heterocycles. The van der Waals surface area contributed by atoms with Crippen LogP contribution < -0.4 is 5.56 Å². The van der Waals surface area contributed by atoms with Crippen LogP contribution in [0.1, 0.15) is 22.9 Å². The number of aryl methyl sites for hydroxylation is 1. The zero-order valence-electron chi connectivity index (χ0n) is 16.4. The van der Waals surface area contributed by atoms with E-state index in [4.69, 9.17) is 0 Å². The number of fused-ring (bicyclic) bond motifs is 1. The minimum absolute atomic E-state index is 0.121. The van der Waals surface area contributed by atoms with Gasteiger partial charge in [0.05, 0.1) is 23.8 Å². The maximum absolute atomic E-state index is 13.5. The van der Waals surface area contributed by atoms with Gasteiger partial charge >= 0.3 is 0 Å². The Morgan fingerprint density at radius 2 is 1.48 bits per heavy atom. The van der Waals surface area contributed by atoms with E-state index in [2.05, 4.69) is 5.10 Å². The lowest BCUT2D eigenvalue weighted by Crippen LogP contribution is -2.35. The van der Waals surface area contributed by atoms with Gasteiger partial charge in [-0.3, -0.25) is 9.69 Å². The SMILES string of the molecule is Cc1nn(CN(C)[C@@H](c2ccccc2)c2ccc(F)cc2)c(=O)c2ccccc12. The third kappa shape index (κ3) is 3.82. The fourth-order valence-electron chi connectivity index (χ4n) is 3.78. The molecule has 1 heterocycles. The largest absolute Gasteiger partial charge is 0.276 e. The van der Waals surface area contributed by atoms with Crippen molar-refractivity contribution in [3.63, 3.8) is 0 Å². The summed E-state index contributed by atoms with van der Waals surface area (Å²) in [6, 6.07) is 23.9. The Bertz CT molecular complexity index is 1190. The van der Waals surface area contributed by atoms with Gasteiger partial charge in [0.15, 0.2) is 0 Å². The third-order valence-electron chi connectivity index (χ3n) is 5.15. The first-order chi connectivity index (χ1) is 14.0. The van der Waals surface area contributed by atoms with Crippen molar-refractivity contribution in [3.05, 3.63) is 112 Å². The molecule has 3 aromatic carbocycles. The second-order valence-corrected chi connectivity index (χ2v) is 7.20. The number of hydrogen-bond donors (Lipinski definition) is 0. The van der Waals surface area contributed by atoms with Gasteiger partial charge in [-0.15, -0.1) is 0 Å². The smallest absolute Gasteiger partial charge is 0.275 e. The molecule has 1 atom stereocenters. The van der Waals surface area contributed by atoms with Gasteiger partial charge in [0.1, 0.15) is 5.82 Å². The van der Waals surface area contributed by atoms with Crippen LogP contribution in [0, 0.1) is 12.7 Å². The van der Waals surface area contributed by atoms with Crippen LogP contribution in [0.25, 0.3) is 10.8 Å². The van der Waals surface area contributed by atoms with E-state index in [0.717, 1.165) is 22.2 Å². The molecule has 4 nitrogen and oxygen atoms in total. The molecule has 0 spiro atoms. The highest BCUT2D eigenvalue weighted by Gasteiger charge is 2.21. The molecule has 0 N–H and O–H groups in total. The van der Waals surface area contributed by atoms with Gasteiger partial charge in [0.25, 0.3) is 5.56 Å². The van der Waals surface area contributed by atoms with Gasteiger partial charge in [-0.05, 0) is 43.3 Å². The third-order valence-corrected chi connectivity index (χ3v) is 5.15. The lowest BCUT2D eigenvalue weighted by molar-refractivity contribution is 0.205. The zero-order valence-corrected chi connectivity index (χ0v) is 16.4. The van der Waals surface area contributed by atoms with Crippen LogP contribution in [-0.2, 0) is 6.67 Å². The molecule has 0 saturated carbocycles. The predicted molar refractivity (Wildman–Crippen MR) is 113 cm³/mol. The van der Waals surface area contributed by atoms with E-state index < -0.39 is 0 Å². The van der Waals surface area contributed by atoms with Crippen molar-refractivity contribution in [2.24, 2.45) is 0 Å². The summed E-state index contributed by atoms with van der Waals surface area (Å²) in [7, 11) is 1.94. The van der Waals surface area contributed by atoms with Gasteiger partial charge in [-0.2, -0.15) is 5.10 Å². The zero-order chi connectivity index (χ0) is 20.4. The summed E-state index contributed by atoms with van der Waals surface area (Å²) in [5.74, 6) is -0.272. The van der Waals surface area contributed by atoms with Crippen LogP contribution >= 0.6 is 0 Å². The van der Waals surface area contributed by atoms with Crippen LogP contribution in [0.3, 0.4) is 0 Å². The van der Waals surface area contributed by atoms with Gasteiger partial charge in [-0.1, -0.05) is 60.7 Å². The minimum Gasteiger partial charge on any atom is -0.276 e. The fourth-order valence-corrected chi connectivity index (χ4v) is 3.78. The van der Waals surface area contributed by atoms with E-state index in [1.54, 1.807) is 12.1 Å². The fraction of sp³-hybridized carbons (Fsp3) is 0.167. The quantitative estimate of drug-likeness (QED) is 0.505. The molecule has 0 aliphatic carbocycles. The van der Waals surface area contributed by atoms with E-state index >= 15 is 0 Å². The molecule has 29 heavy (non-hydrogen) atoms. The van der Waals surface area contributed by atoms with Crippen molar-refractivity contribution >= 4 is 10.8 Å². The Morgan fingerprint density at radius 3 is 2.17 bits per heavy atom. The molecule has 0 unspecified atom stereocenters. The maximum atomic E-state index is 13.5. The molecule has 0 fully saturated rings. The molecule has 5 heteroatoms. The predicted octanol–water partition coefficient (Wildman–Crippen LogP) is 4.52. The number of nitrogens with zero attached hydrogens (tertiary/aromatic N) is 3. The molecule has 0 aliphatic rings. The average Bonchev–Trinajstić information content (AvgIpc) is 2.74. The van der Waals surface area contributed by atoms with Crippen molar-refractivity contribution in [3.8, 4) is 0 Å². The maximum Gasteiger partial charge on any atom is 0.275 e. The Labute approximate surface area is 168 Å². The molecule has 0 radical (unpaired) electrons. The Hall–Kier alpha value is -3.31. The number of hydrogen-bond acceptors (Lipinski definition) is 3. The van der Waals surface area contributed by atoms with E-state index in [-0.39, 0.29) is 17.4 Å². The molecule has 0 bridgehead atoms. The first-order valence-corrected chi connectivity index (χ1v) is 9.51. The summed E-state index contributed by atoms with van der Waals surface area (Å²) in [5.41, 5.74) is 2.70. The minimum atomic E-state index is -0.272. The second kappa shape index (κ2) is 7.97.